The van der Waals surface area contributed by atoms with Gasteiger partial charge in [0.25, 0.3) is 0 Å². The molecule has 2 fully saturated rings. The first-order valence-corrected chi connectivity index (χ1v) is 9.64. The molecule has 1 N–H and O–H groups in total. The SMILES string of the molecule is CC(C)c1ccc(NC(=O)C2(C)CC3(C)CC(C)(C2)C(=O)N(C)C3=O)cc1. The van der Waals surface area contributed by atoms with E-state index in [9.17, 15) is 14.4 Å². The van der Waals surface area contributed by atoms with E-state index in [0.717, 1.165) is 5.69 Å². The van der Waals surface area contributed by atoms with Crippen molar-refractivity contribution in [2.45, 2.75) is 59.8 Å². The van der Waals surface area contributed by atoms with Crippen molar-refractivity contribution in [2.75, 3.05) is 12.4 Å². The molecule has 1 aliphatic heterocycles. The van der Waals surface area contributed by atoms with Gasteiger partial charge in [-0.3, -0.25) is 19.3 Å². The first kappa shape index (κ1) is 19.6. The van der Waals surface area contributed by atoms with E-state index in [-0.39, 0.29) is 17.7 Å². The molecule has 0 radical (unpaired) electrons. The third-order valence-corrected chi connectivity index (χ3v) is 6.37. The molecule has 5 nitrogen and oxygen atoms in total. The number of carbonyl (C=O) groups excluding carboxylic acids is 3. The second-order valence-corrected chi connectivity index (χ2v) is 9.61. The normalized spacial score (nSPS) is 33.4. The molecule has 2 bridgehead atoms. The predicted octanol–water partition coefficient (Wildman–Crippen LogP) is 3.95. The standard InChI is InChI=1S/C22H30N2O3/c1-14(2)15-7-9-16(10-8-15)23-17(25)20(3)11-21(4)13-22(5,12-20)19(27)24(6)18(21)26/h7-10,14H,11-13H2,1-6H3,(H,23,25). The van der Waals surface area contributed by atoms with E-state index < -0.39 is 16.2 Å². The molecule has 0 spiro atoms. The highest BCUT2D eigenvalue weighted by atomic mass is 16.2. The van der Waals surface area contributed by atoms with Gasteiger partial charge in [0.1, 0.15) is 0 Å². The van der Waals surface area contributed by atoms with Crippen molar-refractivity contribution in [3.05, 3.63) is 29.8 Å². The molecule has 27 heavy (non-hydrogen) atoms. The Morgan fingerprint density at radius 3 is 1.89 bits per heavy atom. The molecule has 5 heteroatoms. The van der Waals surface area contributed by atoms with Crippen molar-refractivity contribution in [1.82, 2.24) is 4.90 Å². The van der Waals surface area contributed by atoms with Crippen LogP contribution in [0.1, 0.15) is 65.4 Å². The number of amides is 3. The molecule has 1 aromatic rings. The number of carbonyl (C=O) groups is 3. The minimum Gasteiger partial charge on any atom is -0.326 e. The number of hydrogen-bond acceptors (Lipinski definition) is 3. The smallest absolute Gasteiger partial charge is 0.234 e. The Balaban J connectivity index is 1.86. The van der Waals surface area contributed by atoms with Gasteiger partial charge in [0.05, 0.1) is 0 Å². The van der Waals surface area contributed by atoms with Crippen molar-refractivity contribution in [3.8, 4) is 0 Å². The zero-order valence-electron chi connectivity index (χ0n) is 17.2. The third-order valence-electron chi connectivity index (χ3n) is 6.37. The molecular weight excluding hydrogens is 340 g/mol. The molecule has 0 aromatic heterocycles. The summed E-state index contributed by atoms with van der Waals surface area (Å²) in [6, 6.07) is 7.85. The summed E-state index contributed by atoms with van der Waals surface area (Å²) in [7, 11) is 1.55. The van der Waals surface area contributed by atoms with E-state index in [4.69, 9.17) is 0 Å². The Morgan fingerprint density at radius 2 is 1.44 bits per heavy atom. The fourth-order valence-electron chi connectivity index (χ4n) is 5.37. The van der Waals surface area contributed by atoms with E-state index in [1.807, 2.05) is 45.0 Å². The van der Waals surface area contributed by atoms with Crippen LogP contribution in [0.15, 0.2) is 24.3 Å². The van der Waals surface area contributed by atoms with Crippen molar-refractivity contribution in [1.29, 1.82) is 0 Å². The molecule has 1 saturated heterocycles. The van der Waals surface area contributed by atoms with Crippen LogP contribution in [0.4, 0.5) is 5.69 Å². The fourth-order valence-corrected chi connectivity index (χ4v) is 5.37. The summed E-state index contributed by atoms with van der Waals surface area (Å²) >= 11 is 0. The van der Waals surface area contributed by atoms with Crippen LogP contribution in [0, 0.1) is 16.2 Å². The lowest BCUT2D eigenvalue weighted by Crippen LogP contribution is -2.63. The number of hydrogen-bond donors (Lipinski definition) is 1. The van der Waals surface area contributed by atoms with Gasteiger partial charge in [0.2, 0.25) is 17.7 Å². The molecule has 2 aliphatic rings. The quantitative estimate of drug-likeness (QED) is 0.819. The maximum absolute atomic E-state index is 13.2. The predicted molar refractivity (Wildman–Crippen MR) is 105 cm³/mol. The highest BCUT2D eigenvalue weighted by Gasteiger charge is 2.62. The second kappa shape index (κ2) is 6.18. The van der Waals surface area contributed by atoms with Gasteiger partial charge in [-0.1, -0.05) is 46.8 Å². The minimum absolute atomic E-state index is 0.123. The van der Waals surface area contributed by atoms with E-state index in [2.05, 4.69) is 19.2 Å². The largest absolute Gasteiger partial charge is 0.326 e. The molecule has 1 heterocycles. The molecule has 1 aromatic carbocycles. The molecule has 2 atom stereocenters. The fraction of sp³-hybridized carbons (Fsp3) is 0.591. The summed E-state index contributed by atoms with van der Waals surface area (Å²) in [5.74, 6) is -0.0454. The lowest BCUT2D eigenvalue weighted by molar-refractivity contribution is -0.177. The van der Waals surface area contributed by atoms with Gasteiger partial charge >= 0.3 is 0 Å². The van der Waals surface area contributed by atoms with Gasteiger partial charge in [-0.05, 0) is 42.9 Å². The molecule has 146 valence electrons. The number of imide groups is 1. The topological polar surface area (TPSA) is 66.5 Å². The summed E-state index contributed by atoms with van der Waals surface area (Å²) in [5, 5.41) is 3.01. The third kappa shape index (κ3) is 3.17. The van der Waals surface area contributed by atoms with E-state index in [1.165, 1.54) is 10.5 Å². The number of benzene rings is 1. The van der Waals surface area contributed by atoms with Gasteiger partial charge in [0, 0.05) is 29.0 Å². The number of rotatable bonds is 3. The van der Waals surface area contributed by atoms with Crippen molar-refractivity contribution in [2.24, 2.45) is 16.2 Å². The Bertz CT molecular complexity index is 768. The van der Waals surface area contributed by atoms with Crippen LogP contribution in [-0.2, 0) is 14.4 Å². The summed E-state index contributed by atoms with van der Waals surface area (Å²) in [4.78, 5) is 39.9. The number of likely N-dealkylation sites (tertiary alicyclic amines) is 1. The molecule has 1 aliphatic carbocycles. The molecular formula is C22H30N2O3. The van der Waals surface area contributed by atoms with Crippen LogP contribution in [-0.4, -0.2) is 29.7 Å². The lowest BCUT2D eigenvalue weighted by atomic mass is 9.51. The highest BCUT2D eigenvalue weighted by molar-refractivity contribution is 6.05. The van der Waals surface area contributed by atoms with Gasteiger partial charge < -0.3 is 5.32 Å². The van der Waals surface area contributed by atoms with Crippen LogP contribution in [0.25, 0.3) is 0 Å². The zero-order valence-corrected chi connectivity index (χ0v) is 17.2. The van der Waals surface area contributed by atoms with Gasteiger partial charge in [-0.15, -0.1) is 0 Å². The van der Waals surface area contributed by atoms with E-state index in [0.29, 0.717) is 25.2 Å². The summed E-state index contributed by atoms with van der Waals surface area (Å²) < 4.78 is 0. The molecule has 1 saturated carbocycles. The van der Waals surface area contributed by atoms with Gasteiger partial charge in [-0.2, -0.15) is 0 Å². The molecule has 3 amide bonds. The van der Waals surface area contributed by atoms with Crippen LogP contribution < -0.4 is 5.32 Å². The van der Waals surface area contributed by atoms with E-state index >= 15 is 0 Å². The van der Waals surface area contributed by atoms with Gasteiger partial charge in [0.15, 0.2) is 0 Å². The number of nitrogens with zero attached hydrogens (tertiary/aromatic N) is 1. The minimum atomic E-state index is -0.773. The Hall–Kier alpha value is -2.17. The van der Waals surface area contributed by atoms with Crippen molar-refractivity contribution < 1.29 is 14.4 Å². The van der Waals surface area contributed by atoms with Crippen LogP contribution >= 0.6 is 0 Å². The Labute approximate surface area is 161 Å². The number of anilines is 1. The zero-order chi connectivity index (χ0) is 20.2. The monoisotopic (exact) mass is 370 g/mol. The second-order valence-electron chi connectivity index (χ2n) is 9.61. The van der Waals surface area contributed by atoms with Crippen molar-refractivity contribution in [3.63, 3.8) is 0 Å². The number of fused-ring (bicyclic) bond motifs is 2. The number of piperidine rings is 1. The lowest BCUT2D eigenvalue weighted by Gasteiger charge is -2.55. The first-order chi connectivity index (χ1) is 12.4. The maximum Gasteiger partial charge on any atom is 0.234 e. The summed E-state index contributed by atoms with van der Waals surface area (Å²) in [5.41, 5.74) is -0.200. The summed E-state index contributed by atoms with van der Waals surface area (Å²) in [6.45, 7) is 9.91. The highest BCUT2D eigenvalue weighted by Crippen LogP contribution is 2.58. The molecule has 2 unspecified atom stereocenters. The molecule has 3 rings (SSSR count). The number of nitrogens with one attached hydrogen (secondary N) is 1. The van der Waals surface area contributed by atoms with Crippen molar-refractivity contribution >= 4 is 23.4 Å². The van der Waals surface area contributed by atoms with Crippen LogP contribution in [0.2, 0.25) is 0 Å². The first-order valence-electron chi connectivity index (χ1n) is 9.64. The Morgan fingerprint density at radius 1 is 0.963 bits per heavy atom. The Kier molecular flexibility index (Phi) is 4.48. The van der Waals surface area contributed by atoms with Crippen LogP contribution in [0.3, 0.4) is 0 Å². The average Bonchev–Trinajstić information content (AvgIpc) is 2.58. The van der Waals surface area contributed by atoms with Gasteiger partial charge in [-0.25, -0.2) is 0 Å². The van der Waals surface area contributed by atoms with E-state index in [1.54, 1.807) is 7.05 Å². The maximum atomic E-state index is 13.2. The average molecular weight is 370 g/mol. The van der Waals surface area contributed by atoms with Crippen LogP contribution in [0.5, 0.6) is 0 Å². The summed E-state index contributed by atoms with van der Waals surface area (Å²) in [6.07, 6.45) is 1.40.